The fourth-order valence-electron chi connectivity index (χ4n) is 1.72. The van der Waals surface area contributed by atoms with Gasteiger partial charge in [0.2, 0.25) is 0 Å². The lowest BCUT2D eigenvalue weighted by atomic mass is 10.1. The number of β-amino-alcohol motifs (C(OH)–C–C–N with tert-alkyl or cyclic N) is 1. The van der Waals surface area contributed by atoms with Crippen molar-refractivity contribution in [3.63, 3.8) is 0 Å². The van der Waals surface area contributed by atoms with Gasteiger partial charge in [-0.3, -0.25) is 4.79 Å². The summed E-state index contributed by atoms with van der Waals surface area (Å²) in [5, 5.41) is 18.3. The van der Waals surface area contributed by atoms with E-state index in [2.05, 4.69) is 4.72 Å². The fourth-order valence-corrected chi connectivity index (χ4v) is 3.49. The number of carbonyl (C=O) groups is 1. The molecule has 7 nitrogen and oxygen atoms in total. The number of aliphatic hydroxyl groups excluding tert-OH is 1. The third-order valence-electron chi connectivity index (χ3n) is 2.26. The second-order valence-electron chi connectivity index (χ2n) is 5.17. The molecule has 0 bridgehead atoms. The van der Waals surface area contributed by atoms with Crippen molar-refractivity contribution < 1.29 is 23.4 Å². The summed E-state index contributed by atoms with van der Waals surface area (Å²) in [6.07, 6.45) is -1.02. The normalized spacial score (nSPS) is 27.3. The third kappa shape index (κ3) is 3.63. The zero-order valence-corrected chi connectivity index (χ0v) is 10.9. The molecule has 0 aromatic rings. The van der Waals surface area contributed by atoms with Gasteiger partial charge in [0, 0.05) is 18.5 Å². The summed E-state index contributed by atoms with van der Waals surface area (Å²) in [4.78, 5) is 10.9. The maximum atomic E-state index is 11.9. The van der Waals surface area contributed by atoms with Gasteiger partial charge < -0.3 is 10.2 Å². The third-order valence-corrected chi connectivity index (χ3v) is 4.15. The Bertz CT molecular complexity index is 400. The van der Waals surface area contributed by atoms with E-state index in [0.29, 0.717) is 0 Å². The van der Waals surface area contributed by atoms with Gasteiger partial charge in [-0.05, 0) is 20.8 Å². The minimum Gasteiger partial charge on any atom is -0.480 e. The molecule has 1 heterocycles. The van der Waals surface area contributed by atoms with Crippen LogP contribution in [0.2, 0.25) is 0 Å². The van der Waals surface area contributed by atoms with Crippen LogP contribution in [0.4, 0.5) is 0 Å². The van der Waals surface area contributed by atoms with Crippen LogP contribution < -0.4 is 4.72 Å². The molecule has 17 heavy (non-hydrogen) atoms. The number of hydrogen-bond acceptors (Lipinski definition) is 4. The van der Waals surface area contributed by atoms with Crippen LogP contribution in [0.25, 0.3) is 0 Å². The van der Waals surface area contributed by atoms with Crippen LogP contribution in [0.5, 0.6) is 0 Å². The van der Waals surface area contributed by atoms with Crippen LogP contribution in [0.1, 0.15) is 27.2 Å². The van der Waals surface area contributed by atoms with Gasteiger partial charge >= 0.3 is 5.97 Å². The molecule has 0 aliphatic carbocycles. The number of nitrogens with one attached hydrogen (secondary N) is 1. The van der Waals surface area contributed by atoms with Gasteiger partial charge in [0.1, 0.15) is 6.04 Å². The molecule has 0 aromatic carbocycles. The zero-order chi connectivity index (χ0) is 13.4. The standard InChI is InChI=1S/C9H18N2O5S/c1-9(2,3)10-17(15,16)11-5-6(12)4-7(11)8(13)14/h6-7,10,12H,4-5H2,1-3H3,(H,13,14)/t6?,7-/m0/s1. The Balaban J connectivity index is 2.94. The molecule has 0 aromatic heterocycles. The summed E-state index contributed by atoms with van der Waals surface area (Å²) >= 11 is 0. The molecule has 0 radical (unpaired) electrons. The number of carboxylic acids is 1. The van der Waals surface area contributed by atoms with E-state index in [9.17, 15) is 18.3 Å². The van der Waals surface area contributed by atoms with Gasteiger partial charge in [-0.15, -0.1) is 0 Å². The number of hydrogen-bond donors (Lipinski definition) is 3. The first-order valence-electron chi connectivity index (χ1n) is 5.24. The predicted octanol–water partition coefficient (Wildman–Crippen LogP) is -0.861. The van der Waals surface area contributed by atoms with Crippen molar-refractivity contribution >= 4 is 16.2 Å². The Kier molecular flexibility index (Phi) is 3.82. The predicted molar refractivity (Wildman–Crippen MR) is 60.6 cm³/mol. The van der Waals surface area contributed by atoms with Crippen molar-refractivity contribution in [2.24, 2.45) is 0 Å². The van der Waals surface area contributed by atoms with Crippen LogP contribution in [0, 0.1) is 0 Å². The summed E-state index contributed by atoms with van der Waals surface area (Å²) in [5.74, 6) is -1.25. The number of rotatable bonds is 3. The second kappa shape index (κ2) is 4.52. The van der Waals surface area contributed by atoms with E-state index in [-0.39, 0.29) is 13.0 Å². The first-order valence-corrected chi connectivity index (χ1v) is 6.68. The highest BCUT2D eigenvalue weighted by Gasteiger charge is 2.43. The summed E-state index contributed by atoms with van der Waals surface area (Å²) in [6.45, 7) is 4.79. The minimum atomic E-state index is -3.90. The summed E-state index contributed by atoms with van der Waals surface area (Å²) in [5.41, 5.74) is -0.699. The first kappa shape index (κ1) is 14.4. The number of aliphatic carboxylic acids is 1. The van der Waals surface area contributed by atoms with E-state index < -0.39 is 33.9 Å². The van der Waals surface area contributed by atoms with Crippen molar-refractivity contribution in [3.8, 4) is 0 Å². The van der Waals surface area contributed by atoms with Crippen molar-refractivity contribution in [3.05, 3.63) is 0 Å². The van der Waals surface area contributed by atoms with Crippen molar-refractivity contribution in [2.75, 3.05) is 6.54 Å². The largest absolute Gasteiger partial charge is 0.480 e. The zero-order valence-electron chi connectivity index (χ0n) is 10.0. The molecule has 0 amide bonds. The molecule has 0 saturated carbocycles. The molecule has 1 saturated heterocycles. The van der Waals surface area contributed by atoms with Gasteiger partial charge in [-0.2, -0.15) is 17.4 Å². The van der Waals surface area contributed by atoms with E-state index >= 15 is 0 Å². The molecule has 100 valence electrons. The molecule has 1 rings (SSSR count). The maximum absolute atomic E-state index is 11.9. The highest BCUT2D eigenvalue weighted by atomic mass is 32.2. The number of carboxylic acid groups (broad SMARTS) is 1. The van der Waals surface area contributed by atoms with Crippen molar-refractivity contribution in [1.29, 1.82) is 0 Å². The lowest BCUT2D eigenvalue weighted by Gasteiger charge is -2.27. The minimum absolute atomic E-state index is 0.0830. The Hall–Kier alpha value is -0.700. The molecule has 1 unspecified atom stereocenters. The summed E-state index contributed by atoms with van der Waals surface area (Å²) in [7, 11) is -3.90. The van der Waals surface area contributed by atoms with Gasteiger partial charge in [-0.1, -0.05) is 0 Å². The van der Waals surface area contributed by atoms with E-state index in [1.165, 1.54) is 0 Å². The molecule has 0 spiro atoms. The molecular formula is C9H18N2O5S. The molecule has 1 aliphatic rings. The van der Waals surface area contributed by atoms with Crippen molar-refractivity contribution in [1.82, 2.24) is 9.03 Å². The van der Waals surface area contributed by atoms with Crippen molar-refractivity contribution in [2.45, 2.75) is 44.9 Å². The van der Waals surface area contributed by atoms with Crippen LogP contribution in [-0.4, -0.2) is 53.1 Å². The highest BCUT2D eigenvalue weighted by Crippen LogP contribution is 2.22. The van der Waals surface area contributed by atoms with E-state index in [1.807, 2.05) is 0 Å². The van der Waals surface area contributed by atoms with Crippen LogP contribution in [0.15, 0.2) is 0 Å². The Morgan fingerprint density at radius 2 is 1.94 bits per heavy atom. The average molecular weight is 266 g/mol. The summed E-state index contributed by atoms with van der Waals surface area (Å²) in [6, 6.07) is -1.20. The maximum Gasteiger partial charge on any atom is 0.322 e. The topological polar surface area (TPSA) is 107 Å². The molecule has 3 N–H and O–H groups in total. The molecular weight excluding hydrogens is 248 g/mol. The second-order valence-corrected chi connectivity index (χ2v) is 6.79. The first-order chi connectivity index (χ1) is 7.53. The number of nitrogens with zero attached hydrogens (tertiary/aromatic N) is 1. The molecule has 2 atom stereocenters. The smallest absolute Gasteiger partial charge is 0.322 e. The average Bonchev–Trinajstić information content (AvgIpc) is 2.43. The molecule has 8 heteroatoms. The lowest BCUT2D eigenvalue weighted by molar-refractivity contribution is -0.140. The van der Waals surface area contributed by atoms with Gasteiger partial charge in [0.05, 0.1) is 6.10 Å². The van der Waals surface area contributed by atoms with E-state index in [1.54, 1.807) is 20.8 Å². The van der Waals surface area contributed by atoms with Crippen LogP contribution >= 0.6 is 0 Å². The molecule has 1 fully saturated rings. The quantitative estimate of drug-likeness (QED) is 0.616. The monoisotopic (exact) mass is 266 g/mol. The van der Waals surface area contributed by atoms with Crippen LogP contribution in [-0.2, 0) is 15.0 Å². The van der Waals surface area contributed by atoms with E-state index in [4.69, 9.17) is 5.11 Å². The number of aliphatic hydroxyl groups is 1. The summed E-state index contributed by atoms with van der Waals surface area (Å²) < 4.78 is 27.1. The van der Waals surface area contributed by atoms with Gasteiger partial charge in [0.25, 0.3) is 10.2 Å². The fraction of sp³-hybridized carbons (Fsp3) is 0.889. The van der Waals surface area contributed by atoms with Crippen LogP contribution in [0.3, 0.4) is 0 Å². The SMILES string of the molecule is CC(C)(C)NS(=O)(=O)N1CC(O)C[C@H]1C(=O)O. The van der Waals surface area contributed by atoms with Gasteiger partial charge in [-0.25, -0.2) is 0 Å². The Labute approximate surface area is 101 Å². The highest BCUT2D eigenvalue weighted by molar-refractivity contribution is 7.87. The van der Waals surface area contributed by atoms with E-state index in [0.717, 1.165) is 4.31 Å². The molecule has 1 aliphatic heterocycles. The van der Waals surface area contributed by atoms with Gasteiger partial charge in [0.15, 0.2) is 0 Å². The lowest BCUT2D eigenvalue weighted by Crippen LogP contribution is -2.52. The Morgan fingerprint density at radius 1 is 1.41 bits per heavy atom. The Morgan fingerprint density at radius 3 is 2.35 bits per heavy atom.